The van der Waals surface area contributed by atoms with Crippen LogP contribution in [-0.2, 0) is 4.79 Å². The Balaban J connectivity index is 2.93. The predicted molar refractivity (Wildman–Crippen MR) is 68.1 cm³/mol. The molecule has 17 heavy (non-hydrogen) atoms. The number of benzene rings is 1. The molecule has 0 saturated heterocycles. The highest BCUT2D eigenvalue weighted by Gasteiger charge is 2.08. The van der Waals surface area contributed by atoms with Crippen molar-refractivity contribution >= 4 is 23.2 Å². The van der Waals surface area contributed by atoms with Crippen LogP contribution in [0.3, 0.4) is 0 Å². The standard InChI is InChI=1S/C12H16ClNO3/c1-3-16-9-5-6-11(17-4-2)10(7-9)14-12(15)8-13/h5-7H,3-4,8H2,1-2H3,(H,14,15). The first-order chi connectivity index (χ1) is 8.21. The molecule has 0 heterocycles. The van der Waals surface area contributed by atoms with Gasteiger partial charge in [0.15, 0.2) is 0 Å². The van der Waals surface area contributed by atoms with Crippen LogP contribution in [0.4, 0.5) is 5.69 Å². The number of carbonyl (C=O) groups is 1. The number of ether oxygens (including phenoxy) is 2. The monoisotopic (exact) mass is 257 g/mol. The summed E-state index contributed by atoms with van der Waals surface area (Å²) in [6.07, 6.45) is 0. The number of nitrogens with one attached hydrogen (secondary N) is 1. The zero-order chi connectivity index (χ0) is 12.7. The highest BCUT2D eigenvalue weighted by molar-refractivity contribution is 6.29. The zero-order valence-corrected chi connectivity index (χ0v) is 10.7. The number of alkyl halides is 1. The van der Waals surface area contributed by atoms with Gasteiger partial charge in [0.2, 0.25) is 5.91 Å². The minimum absolute atomic E-state index is 0.0928. The third-order valence-corrected chi connectivity index (χ3v) is 2.20. The van der Waals surface area contributed by atoms with E-state index in [1.807, 2.05) is 13.8 Å². The third-order valence-electron chi connectivity index (χ3n) is 1.96. The van der Waals surface area contributed by atoms with E-state index in [0.29, 0.717) is 30.4 Å². The van der Waals surface area contributed by atoms with Crippen molar-refractivity contribution in [1.29, 1.82) is 0 Å². The van der Waals surface area contributed by atoms with E-state index in [1.165, 1.54) is 0 Å². The van der Waals surface area contributed by atoms with Gasteiger partial charge < -0.3 is 14.8 Å². The molecule has 0 atom stereocenters. The van der Waals surface area contributed by atoms with E-state index < -0.39 is 0 Å². The van der Waals surface area contributed by atoms with Crippen molar-refractivity contribution in [3.8, 4) is 11.5 Å². The summed E-state index contributed by atoms with van der Waals surface area (Å²) in [5, 5.41) is 2.67. The van der Waals surface area contributed by atoms with Crippen molar-refractivity contribution in [3.63, 3.8) is 0 Å². The molecule has 5 heteroatoms. The van der Waals surface area contributed by atoms with Crippen LogP contribution in [0.15, 0.2) is 18.2 Å². The molecule has 4 nitrogen and oxygen atoms in total. The van der Waals surface area contributed by atoms with Crippen molar-refractivity contribution in [2.75, 3.05) is 24.4 Å². The summed E-state index contributed by atoms with van der Waals surface area (Å²) in [6.45, 7) is 4.87. The molecule has 1 aromatic rings. The Bertz CT molecular complexity index is 382. The molecule has 1 amide bonds. The number of hydrogen-bond acceptors (Lipinski definition) is 3. The summed E-state index contributed by atoms with van der Waals surface area (Å²) in [4.78, 5) is 11.3. The number of hydrogen-bond donors (Lipinski definition) is 1. The van der Waals surface area contributed by atoms with Crippen LogP contribution in [0.2, 0.25) is 0 Å². The molecule has 0 spiro atoms. The van der Waals surface area contributed by atoms with Crippen molar-refractivity contribution < 1.29 is 14.3 Å². The van der Waals surface area contributed by atoms with E-state index in [2.05, 4.69) is 5.32 Å². The molecule has 1 rings (SSSR count). The molecule has 94 valence electrons. The van der Waals surface area contributed by atoms with E-state index in [-0.39, 0.29) is 11.8 Å². The summed E-state index contributed by atoms with van der Waals surface area (Å²) in [6, 6.07) is 5.28. The molecule has 0 aliphatic rings. The van der Waals surface area contributed by atoms with Crippen molar-refractivity contribution in [1.82, 2.24) is 0 Å². The Morgan fingerprint density at radius 3 is 2.59 bits per heavy atom. The molecule has 1 N–H and O–H groups in total. The highest BCUT2D eigenvalue weighted by Crippen LogP contribution is 2.29. The third kappa shape index (κ3) is 4.15. The van der Waals surface area contributed by atoms with Crippen LogP contribution in [0.5, 0.6) is 11.5 Å². The van der Waals surface area contributed by atoms with Gasteiger partial charge in [-0.3, -0.25) is 4.79 Å². The van der Waals surface area contributed by atoms with Gasteiger partial charge in [0.1, 0.15) is 17.4 Å². The molecule has 0 aliphatic carbocycles. The van der Waals surface area contributed by atoms with Gasteiger partial charge in [-0.25, -0.2) is 0 Å². The van der Waals surface area contributed by atoms with Gasteiger partial charge >= 0.3 is 0 Å². The van der Waals surface area contributed by atoms with Crippen molar-refractivity contribution in [2.24, 2.45) is 0 Å². The Hall–Kier alpha value is -1.42. The lowest BCUT2D eigenvalue weighted by molar-refractivity contribution is -0.113. The van der Waals surface area contributed by atoms with Gasteiger partial charge in [0, 0.05) is 6.07 Å². The molecule has 0 fully saturated rings. The molecule has 0 aliphatic heterocycles. The van der Waals surface area contributed by atoms with Crippen LogP contribution in [0.25, 0.3) is 0 Å². The molecular weight excluding hydrogens is 242 g/mol. The van der Waals surface area contributed by atoms with E-state index in [4.69, 9.17) is 21.1 Å². The van der Waals surface area contributed by atoms with Crippen molar-refractivity contribution in [2.45, 2.75) is 13.8 Å². The van der Waals surface area contributed by atoms with Gasteiger partial charge in [-0.15, -0.1) is 11.6 Å². The molecule has 0 aromatic heterocycles. The summed E-state index contributed by atoms with van der Waals surface area (Å²) in [5.41, 5.74) is 0.573. The van der Waals surface area contributed by atoms with Gasteiger partial charge in [0.05, 0.1) is 18.9 Å². The maximum atomic E-state index is 11.3. The summed E-state index contributed by atoms with van der Waals surface area (Å²) in [5.74, 6) is 0.918. The maximum Gasteiger partial charge on any atom is 0.239 e. The fraction of sp³-hybridized carbons (Fsp3) is 0.417. The topological polar surface area (TPSA) is 47.6 Å². The highest BCUT2D eigenvalue weighted by atomic mass is 35.5. The van der Waals surface area contributed by atoms with Crippen LogP contribution in [0.1, 0.15) is 13.8 Å². The molecule has 0 saturated carbocycles. The number of anilines is 1. The van der Waals surface area contributed by atoms with Gasteiger partial charge in [0.25, 0.3) is 0 Å². The van der Waals surface area contributed by atoms with Gasteiger partial charge in [-0.2, -0.15) is 0 Å². The number of amides is 1. The lowest BCUT2D eigenvalue weighted by Crippen LogP contribution is -2.13. The first kappa shape index (κ1) is 13.6. The molecule has 0 bridgehead atoms. The smallest absolute Gasteiger partial charge is 0.239 e. The molecular formula is C12H16ClNO3. The number of halogens is 1. The summed E-state index contributed by atoms with van der Waals surface area (Å²) < 4.78 is 10.8. The van der Waals surface area contributed by atoms with Crippen LogP contribution < -0.4 is 14.8 Å². The van der Waals surface area contributed by atoms with Crippen LogP contribution in [0, 0.1) is 0 Å². The Morgan fingerprint density at radius 1 is 1.29 bits per heavy atom. The fourth-order valence-corrected chi connectivity index (χ4v) is 1.40. The van der Waals surface area contributed by atoms with Gasteiger partial charge in [-0.1, -0.05) is 0 Å². The first-order valence-corrected chi connectivity index (χ1v) is 6.00. The quantitative estimate of drug-likeness (QED) is 0.797. The van der Waals surface area contributed by atoms with E-state index in [0.717, 1.165) is 0 Å². The molecule has 0 radical (unpaired) electrons. The van der Waals surface area contributed by atoms with Crippen LogP contribution in [-0.4, -0.2) is 25.0 Å². The number of rotatable bonds is 6. The first-order valence-electron chi connectivity index (χ1n) is 5.46. The summed E-state index contributed by atoms with van der Waals surface area (Å²) >= 11 is 5.45. The second kappa shape index (κ2) is 7.01. The van der Waals surface area contributed by atoms with E-state index in [9.17, 15) is 4.79 Å². The largest absolute Gasteiger partial charge is 0.494 e. The van der Waals surface area contributed by atoms with Gasteiger partial charge in [-0.05, 0) is 26.0 Å². The Labute approximate surface area is 106 Å². The Morgan fingerprint density at radius 2 is 2.00 bits per heavy atom. The van der Waals surface area contributed by atoms with E-state index in [1.54, 1.807) is 18.2 Å². The lowest BCUT2D eigenvalue weighted by Gasteiger charge is -2.12. The SMILES string of the molecule is CCOc1ccc(OCC)c(NC(=O)CCl)c1. The predicted octanol–water partition coefficient (Wildman–Crippen LogP) is 2.66. The lowest BCUT2D eigenvalue weighted by atomic mass is 10.2. The average Bonchev–Trinajstić information content (AvgIpc) is 2.33. The molecule has 1 aromatic carbocycles. The molecule has 0 unspecified atom stereocenters. The van der Waals surface area contributed by atoms with E-state index >= 15 is 0 Å². The average molecular weight is 258 g/mol. The fourth-order valence-electron chi connectivity index (χ4n) is 1.33. The van der Waals surface area contributed by atoms with Crippen molar-refractivity contribution in [3.05, 3.63) is 18.2 Å². The summed E-state index contributed by atoms with van der Waals surface area (Å²) in [7, 11) is 0. The number of carbonyl (C=O) groups excluding carboxylic acids is 1. The minimum atomic E-state index is -0.277. The normalized spacial score (nSPS) is 9.82. The second-order valence-electron chi connectivity index (χ2n) is 3.21. The van der Waals surface area contributed by atoms with Crippen LogP contribution >= 0.6 is 11.6 Å². The minimum Gasteiger partial charge on any atom is -0.494 e. The maximum absolute atomic E-state index is 11.3. The zero-order valence-electron chi connectivity index (χ0n) is 9.96. The Kier molecular flexibility index (Phi) is 5.63. The second-order valence-corrected chi connectivity index (χ2v) is 3.47.